The second kappa shape index (κ2) is 7.70. The van der Waals surface area contributed by atoms with Gasteiger partial charge in [-0.2, -0.15) is 0 Å². The summed E-state index contributed by atoms with van der Waals surface area (Å²) in [4.78, 5) is 0. The fourth-order valence-corrected chi connectivity index (χ4v) is 2.23. The molecule has 0 aliphatic heterocycles. The van der Waals surface area contributed by atoms with E-state index in [0.717, 1.165) is 18.0 Å². The maximum atomic E-state index is 5.75. The molecule has 1 N–H and O–H groups in total. The van der Waals surface area contributed by atoms with Gasteiger partial charge in [-0.05, 0) is 31.5 Å². The van der Waals surface area contributed by atoms with E-state index in [0.29, 0.717) is 12.6 Å². The van der Waals surface area contributed by atoms with Gasteiger partial charge in [0.15, 0.2) is 11.5 Å². The molecule has 0 fully saturated rings. The minimum atomic E-state index is 0.311. The maximum Gasteiger partial charge on any atom is 0.161 e. The highest BCUT2D eigenvalue weighted by Crippen LogP contribution is 2.25. The molecule has 1 atom stereocenters. The van der Waals surface area contributed by atoms with Gasteiger partial charge in [-0.25, -0.2) is 0 Å². The van der Waals surface area contributed by atoms with Crippen molar-refractivity contribution in [2.24, 2.45) is 0 Å². The second-order valence-electron chi connectivity index (χ2n) is 5.09. The number of hydrogen-bond acceptors (Lipinski definition) is 3. The Morgan fingerprint density at radius 1 is 1.05 bits per heavy atom. The van der Waals surface area contributed by atoms with Crippen LogP contribution in [0.5, 0.6) is 11.5 Å². The number of hydrogen-bond donors (Lipinski definition) is 1. The van der Waals surface area contributed by atoms with Crippen molar-refractivity contribution in [3.8, 4) is 11.5 Å². The van der Waals surface area contributed by atoms with E-state index in [4.69, 9.17) is 9.47 Å². The van der Waals surface area contributed by atoms with Gasteiger partial charge in [0.1, 0.15) is 6.61 Å². The van der Waals surface area contributed by atoms with Gasteiger partial charge in [-0.3, -0.25) is 0 Å². The third-order valence-electron chi connectivity index (χ3n) is 3.42. The van der Waals surface area contributed by atoms with Gasteiger partial charge in [0, 0.05) is 12.6 Å². The van der Waals surface area contributed by atoms with Crippen molar-refractivity contribution in [2.75, 3.05) is 20.3 Å². The summed E-state index contributed by atoms with van der Waals surface area (Å²) in [6, 6.07) is 16.6. The van der Waals surface area contributed by atoms with Gasteiger partial charge >= 0.3 is 0 Å². The van der Waals surface area contributed by atoms with Crippen LogP contribution >= 0.6 is 0 Å². The van der Waals surface area contributed by atoms with Crippen LogP contribution in [-0.2, 0) is 0 Å². The predicted molar refractivity (Wildman–Crippen MR) is 86.1 cm³/mol. The Morgan fingerprint density at radius 3 is 2.52 bits per heavy atom. The predicted octanol–water partition coefficient (Wildman–Crippen LogP) is 3.73. The van der Waals surface area contributed by atoms with Crippen molar-refractivity contribution >= 4 is 0 Å². The number of aryl methyl sites for hydroxylation is 1. The van der Waals surface area contributed by atoms with Gasteiger partial charge in [-0.15, -0.1) is 0 Å². The van der Waals surface area contributed by atoms with E-state index < -0.39 is 0 Å². The van der Waals surface area contributed by atoms with Gasteiger partial charge in [0.25, 0.3) is 0 Å². The van der Waals surface area contributed by atoms with Crippen LogP contribution < -0.4 is 14.8 Å². The molecular weight excluding hydrogens is 262 g/mol. The molecule has 0 aromatic heterocycles. The molecule has 3 nitrogen and oxygen atoms in total. The molecule has 0 radical (unpaired) electrons. The third kappa shape index (κ3) is 4.50. The minimum absolute atomic E-state index is 0.311. The maximum absolute atomic E-state index is 5.75. The van der Waals surface area contributed by atoms with E-state index >= 15 is 0 Å². The topological polar surface area (TPSA) is 30.5 Å². The fraction of sp³-hybridized carbons (Fsp3) is 0.333. The summed E-state index contributed by atoms with van der Waals surface area (Å²) in [6.45, 7) is 5.67. The number of para-hydroxylation sites is 2. The molecule has 0 amide bonds. The summed E-state index contributed by atoms with van der Waals surface area (Å²) < 4.78 is 11.0. The Labute approximate surface area is 126 Å². The average Bonchev–Trinajstić information content (AvgIpc) is 2.51. The van der Waals surface area contributed by atoms with Crippen LogP contribution in [0.15, 0.2) is 48.5 Å². The number of rotatable bonds is 7. The molecule has 112 valence electrons. The van der Waals surface area contributed by atoms with Crippen molar-refractivity contribution in [1.82, 2.24) is 5.32 Å². The lowest BCUT2D eigenvalue weighted by atomic mass is 10.1. The number of benzene rings is 2. The van der Waals surface area contributed by atoms with E-state index in [-0.39, 0.29) is 0 Å². The first-order chi connectivity index (χ1) is 10.2. The summed E-state index contributed by atoms with van der Waals surface area (Å²) in [5, 5.41) is 3.47. The van der Waals surface area contributed by atoms with Gasteiger partial charge < -0.3 is 14.8 Å². The molecule has 0 saturated carbocycles. The lowest BCUT2D eigenvalue weighted by molar-refractivity contribution is 0.288. The lowest BCUT2D eigenvalue weighted by Gasteiger charge is -2.16. The Kier molecular flexibility index (Phi) is 5.64. The number of ether oxygens (including phenoxy) is 2. The van der Waals surface area contributed by atoms with Crippen LogP contribution in [0.25, 0.3) is 0 Å². The monoisotopic (exact) mass is 285 g/mol. The van der Waals surface area contributed by atoms with Gasteiger partial charge in [0.2, 0.25) is 0 Å². The first-order valence-corrected chi connectivity index (χ1v) is 7.26. The standard InChI is InChI=1S/C18H23NO2/c1-14-7-6-8-16(13-14)15(2)19-11-12-21-18-10-5-4-9-17(18)20-3/h4-10,13,15,19H,11-12H2,1-3H3/t15-/m0/s1. The molecule has 0 saturated heterocycles. The molecule has 0 unspecified atom stereocenters. The molecule has 3 heteroatoms. The first-order valence-electron chi connectivity index (χ1n) is 7.26. The molecule has 0 heterocycles. The lowest BCUT2D eigenvalue weighted by Crippen LogP contribution is -2.24. The smallest absolute Gasteiger partial charge is 0.161 e. The normalized spacial score (nSPS) is 12.0. The largest absolute Gasteiger partial charge is 0.493 e. The highest BCUT2D eigenvalue weighted by Gasteiger charge is 2.05. The van der Waals surface area contributed by atoms with Crippen molar-refractivity contribution < 1.29 is 9.47 Å². The molecule has 0 aliphatic carbocycles. The van der Waals surface area contributed by atoms with Crippen LogP contribution in [0.4, 0.5) is 0 Å². The highest BCUT2D eigenvalue weighted by molar-refractivity contribution is 5.39. The van der Waals surface area contributed by atoms with Crippen molar-refractivity contribution in [2.45, 2.75) is 19.9 Å². The van der Waals surface area contributed by atoms with Crippen LogP contribution in [0, 0.1) is 6.92 Å². The van der Waals surface area contributed by atoms with Crippen LogP contribution in [0.1, 0.15) is 24.1 Å². The van der Waals surface area contributed by atoms with Gasteiger partial charge in [0.05, 0.1) is 7.11 Å². The summed E-state index contributed by atoms with van der Waals surface area (Å²) in [5.74, 6) is 1.55. The second-order valence-corrected chi connectivity index (χ2v) is 5.09. The van der Waals surface area contributed by atoms with E-state index in [1.807, 2.05) is 24.3 Å². The molecule has 2 rings (SSSR count). The zero-order valence-corrected chi connectivity index (χ0v) is 12.9. The fourth-order valence-electron chi connectivity index (χ4n) is 2.23. The zero-order valence-electron chi connectivity index (χ0n) is 12.9. The molecular formula is C18H23NO2. The summed E-state index contributed by atoms with van der Waals surface area (Å²) in [6.07, 6.45) is 0. The Bertz CT molecular complexity index is 569. The summed E-state index contributed by atoms with van der Waals surface area (Å²) >= 11 is 0. The van der Waals surface area contributed by atoms with Crippen LogP contribution in [0.3, 0.4) is 0 Å². The Hall–Kier alpha value is -2.00. The van der Waals surface area contributed by atoms with Crippen LogP contribution in [0.2, 0.25) is 0 Å². The van der Waals surface area contributed by atoms with E-state index in [1.165, 1.54) is 11.1 Å². The number of methoxy groups -OCH3 is 1. The van der Waals surface area contributed by atoms with E-state index in [2.05, 4.69) is 43.4 Å². The Morgan fingerprint density at radius 2 is 1.81 bits per heavy atom. The third-order valence-corrected chi connectivity index (χ3v) is 3.42. The summed E-state index contributed by atoms with van der Waals surface area (Å²) in [5.41, 5.74) is 2.58. The molecule has 21 heavy (non-hydrogen) atoms. The van der Waals surface area contributed by atoms with Gasteiger partial charge in [-0.1, -0.05) is 42.0 Å². The molecule has 2 aromatic rings. The molecule has 0 spiro atoms. The SMILES string of the molecule is COc1ccccc1OCCN[C@@H](C)c1cccc(C)c1. The molecule has 0 bridgehead atoms. The first kappa shape index (κ1) is 15.4. The van der Waals surface area contributed by atoms with Crippen LogP contribution in [-0.4, -0.2) is 20.3 Å². The average molecular weight is 285 g/mol. The van der Waals surface area contributed by atoms with E-state index in [1.54, 1.807) is 7.11 Å². The summed E-state index contributed by atoms with van der Waals surface area (Å²) in [7, 11) is 1.65. The molecule has 2 aromatic carbocycles. The quantitative estimate of drug-likeness (QED) is 0.786. The van der Waals surface area contributed by atoms with Crippen molar-refractivity contribution in [1.29, 1.82) is 0 Å². The van der Waals surface area contributed by atoms with Crippen molar-refractivity contribution in [3.05, 3.63) is 59.7 Å². The zero-order chi connectivity index (χ0) is 15.1. The highest BCUT2D eigenvalue weighted by atomic mass is 16.5. The van der Waals surface area contributed by atoms with E-state index in [9.17, 15) is 0 Å². The molecule has 0 aliphatic rings. The van der Waals surface area contributed by atoms with Crippen molar-refractivity contribution in [3.63, 3.8) is 0 Å². The number of nitrogens with one attached hydrogen (secondary N) is 1. The minimum Gasteiger partial charge on any atom is -0.493 e. The Balaban J connectivity index is 1.79.